The molecule has 1 heterocycles. The van der Waals surface area contributed by atoms with Gasteiger partial charge in [-0.15, -0.1) is 0 Å². The summed E-state index contributed by atoms with van der Waals surface area (Å²) in [6.45, 7) is 9.57. The number of aromatic nitrogens is 2. The molecule has 1 aromatic heterocycles. The topological polar surface area (TPSA) is 65.1 Å². The number of rotatable bonds is 8. The maximum Gasteiger partial charge on any atom is 0.0850 e. The van der Waals surface area contributed by atoms with Gasteiger partial charge in [0.2, 0.25) is 0 Å². The number of nitrogens with two attached hydrogens (primary N) is 1. The van der Waals surface area contributed by atoms with Crippen LogP contribution in [0.25, 0.3) is 0 Å². The van der Waals surface area contributed by atoms with Crippen LogP contribution in [0.4, 0.5) is 0 Å². The van der Waals surface area contributed by atoms with Gasteiger partial charge in [0.05, 0.1) is 28.6 Å². The minimum atomic E-state index is 0.0177. The van der Waals surface area contributed by atoms with E-state index < -0.39 is 0 Å². The quantitative estimate of drug-likeness (QED) is 0.567. The van der Waals surface area contributed by atoms with Gasteiger partial charge in [-0.3, -0.25) is 16.0 Å². The van der Waals surface area contributed by atoms with Crippen LogP contribution in [0.2, 0.25) is 5.02 Å². The molecule has 0 bridgehead atoms. The van der Waals surface area contributed by atoms with Crippen molar-refractivity contribution in [2.45, 2.75) is 59.2 Å². The van der Waals surface area contributed by atoms with Crippen molar-refractivity contribution in [1.82, 2.24) is 15.2 Å². The monoisotopic (exact) mass is 288 g/mol. The fraction of sp³-hybridized carbons (Fsp3) is 0.769. The standard InChI is InChI=1S/C13H25ClN4O/c1-5-10-13(14)12(18(6-2)17-10)8-11(16-15)9(4)19-7-3/h9,11,16H,5-8,15H2,1-4H3. The molecule has 110 valence electrons. The van der Waals surface area contributed by atoms with Crippen molar-refractivity contribution in [2.75, 3.05) is 6.61 Å². The third-order valence-corrected chi connectivity index (χ3v) is 3.75. The molecule has 1 aromatic rings. The Morgan fingerprint density at radius 2 is 2.11 bits per heavy atom. The van der Waals surface area contributed by atoms with Crippen LogP contribution in [-0.4, -0.2) is 28.5 Å². The van der Waals surface area contributed by atoms with Crippen molar-refractivity contribution in [2.24, 2.45) is 5.84 Å². The van der Waals surface area contributed by atoms with Gasteiger partial charge in [-0.1, -0.05) is 18.5 Å². The maximum absolute atomic E-state index is 6.40. The fourth-order valence-corrected chi connectivity index (χ4v) is 2.51. The van der Waals surface area contributed by atoms with Crippen LogP contribution in [0.1, 0.15) is 39.1 Å². The molecule has 3 N–H and O–H groups in total. The predicted molar refractivity (Wildman–Crippen MR) is 78.2 cm³/mol. The lowest BCUT2D eigenvalue weighted by molar-refractivity contribution is 0.0471. The van der Waals surface area contributed by atoms with Gasteiger partial charge < -0.3 is 4.74 Å². The first-order valence-corrected chi connectivity index (χ1v) is 7.28. The second-order valence-electron chi connectivity index (χ2n) is 4.51. The minimum Gasteiger partial charge on any atom is -0.377 e. The zero-order chi connectivity index (χ0) is 14.4. The van der Waals surface area contributed by atoms with Gasteiger partial charge in [0.1, 0.15) is 0 Å². The molecule has 0 saturated heterocycles. The molecule has 0 saturated carbocycles. The molecular formula is C13H25ClN4O. The van der Waals surface area contributed by atoms with E-state index in [0.717, 1.165) is 29.4 Å². The molecule has 1 rings (SSSR count). The summed E-state index contributed by atoms with van der Waals surface area (Å²) in [5.74, 6) is 5.63. The Morgan fingerprint density at radius 3 is 2.58 bits per heavy atom. The fourth-order valence-electron chi connectivity index (χ4n) is 2.16. The summed E-state index contributed by atoms with van der Waals surface area (Å²) in [4.78, 5) is 0. The lowest BCUT2D eigenvalue weighted by Crippen LogP contribution is -2.45. The molecule has 0 fully saturated rings. The van der Waals surface area contributed by atoms with Crippen LogP contribution in [0.15, 0.2) is 0 Å². The summed E-state index contributed by atoms with van der Waals surface area (Å²) < 4.78 is 7.55. The number of hydrazine groups is 1. The molecule has 5 nitrogen and oxygen atoms in total. The van der Waals surface area contributed by atoms with Gasteiger partial charge in [0.25, 0.3) is 0 Å². The zero-order valence-electron chi connectivity index (χ0n) is 12.2. The van der Waals surface area contributed by atoms with Gasteiger partial charge in [0, 0.05) is 19.6 Å². The molecule has 0 aliphatic rings. The van der Waals surface area contributed by atoms with E-state index in [-0.39, 0.29) is 12.1 Å². The Hall–Kier alpha value is -0.620. The van der Waals surface area contributed by atoms with Crippen molar-refractivity contribution < 1.29 is 4.74 Å². The van der Waals surface area contributed by atoms with Crippen LogP contribution in [0.5, 0.6) is 0 Å². The van der Waals surface area contributed by atoms with Crippen LogP contribution in [-0.2, 0) is 24.1 Å². The Labute approximate surface area is 120 Å². The highest BCUT2D eigenvalue weighted by atomic mass is 35.5. The number of nitrogens with one attached hydrogen (secondary N) is 1. The summed E-state index contributed by atoms with van der Waals surface area (Å²) in [6.07, 6.45) is 1.56. The SMILES string of the molecule is CCOC(C)C(Cc1c(Cl)c(CC)nn1CC)NN. The largest absolute Gasteiger partial charge is 0.377 e. The van der Waals surface area contributed by atoms with Gasteiger partial charge >= 0.3 is 0 Å². The van der Waals surface area contributed by atoms with Crippen molar-refractivity contribution in [3.8, 4) is 0 Å². The van der Waals surface area contributed by atoms with Crippen molar-refractivity contribution >= 4 is 11.6 Å². The zero-order valence-corrected chi connectivity index (χ0v) is 13.0. The molecule has 0 spiro atoms. The van der Waals surface area contributed by atoms with Gasteiger partial charge in [-0.05, 0) is 27.2 Å². The third kappa shape index (κ3) is 3.92. The first-order chi connectivity index (χ1) is 9.08. The van der Waals surface area contributed by atoms with E-state index in [9.17, 15) is 0 Å². The summed E-state index contributed by atoms with van der Waals surface area (Å²) in [5, 5.41) is 5.27. The maximum atomic E-state index is 6.40. The second-order valence-corrected chi connectivity index (χ2v) is 4.89. The minimum absolute atomic E-state index is 0.0177. The summed E-state index contributed by atoms with van der Waals surface area (Å²) in [5.41, 5.74) is 4.78. The lowest BCUT2D eigenvalue weighted by atomic mass is 10.1. The number of hydrogen-bond acceptors (Lipinski definition) is 4. The molecule has 2 atom stereocenters. The van der Waals surface area contributed by atoms with E-state index in [1.807, 2.05) is 18.5 Å². The number of nitrogens with zero attached hydrogens (tertiary/aromatic N) is 2. The Morgan fingerprint density at radius 1 is 1.42 bits per heavy atom. The normalized spacial score (nSPS) is 14.6. The third-order valence-electron chi connectivity index (χ3n) is 3.32. The van der Waals surface area contributed by atoms with Crippen molar-refractivity contribution in [3.63, 3.8) is 0 Å². The van der Waals surface area contributed by atoms with E-state index in [1.54, 1.807) is 0 Å². The molecule has 0 aliphatic carbocycles. The molecule has 0 radical (unpaired) electrons. The number of aryl methyl sites for hydroxylation is 2. The number of hydrogen-bond donors (Lipinski definition) is 2. The molecule has 0 amide bonds. The Balaban J connectivity index is 2.92. The average Bonchev–Trinajstić information content (AvgIpc) is 2.72. The highest BCUT2D eigenvalue weighted by molar-refractivity contribution is 6.31. The van der Waals surface area contributed by atoms with Gasteiger partial charge in [0.15, 0.2) is 0 Å². The summed E-state index contributed by atoms with van der Waals surface area (Å²) >= 11 is 6.40. The molecule has 6 heteroatoms. The van der Waals surface area contributed by atoms with E-state index in [1.165, 1.54) is 0 Å². The first-order valence-electron chi connectivity index (χ1n) is 6.90. The lowest BCUT2D eigenvalue weighted by Gasteiger charge is -2.23. The van der Waals surface area contributed by atoms with E-state index in [0.29, 0.717) is 13.0 Å². The highest BCUT2D eigenvalue weighted by Gasteiger charge is 2.22. The van der Waals surface area contributed by atoms with Crippen LogP contribution in [0, 0.1) is 0 Å². The molecule has 0 aromatic carbocycles. The molecule has 2 unspecified atom stereocenters. The summed E-state index contributed by atoms with van der Waals surface area (Å²) in [7, 11) is 0. The summed E-state index contributed by atoms with van der Waals surface area (Å²) in [6, 6.07) is 0.0177. The van der Waals surface area contributed by atoms with Crippen LogP contribution in [0.3, 0.4) is 0 Å². The molecular weight excluding hydrogens is 264 g/mol. The van der Waals surface area contributed by atoms with Crippen LogP contribution >= 0.6 is 11.6 Å². The number of ether oxygens (including phenoxy) is 1. The average molecular weight is 289 g/mol. The van der Waals surface area contributed by atoms with Crippen molar-refractivity contribution in [1.29, 1.82) is 0 Å². The Kier molecular flexibility index (Phi) is 6.79. The predicted octanol–water partition coefficient (Wildman–Crippen LogP) is 1.92. The van der Waals surface area contributed by atoms with E-state index in [2.05, 4.69) is 24.4 Å². The molecule has 0 aliphatic heterocycles. The number of halogens is 1. The van der Waals surface area contributed by atoms with Gasteiger partial charge in [-0.25, -0.2) is 0 Å². The van der Waals surface area contributed by atoms with Gasteiger partial charge in [-0.2, -0.15) is 5.10 Å². The first kappa shape index (κ1) is 16.4. The van der Waals surface area contributed by atoms with Crippen LogP contribution < -0.4 is 11.3 Å². The Bertz CT molecular complexity index is 394. The smallest absolute Gasteiger partial charge is 0.0850 e. The van der Waals surface area contributed by atoms with Crippen molar-refractivity contribution in [3.05, 3.63) is 16.4 Å². The van der Waals surface area contributed by atoms with E-state index >= 15 is 0 Å². The van der Waals surface area contributed by atoms with E-state index in [4.69, 9.17) is 22.2 Å². The second kappa shape index (κ2) is 7.85. The molecule has 19 heavy (non-hydrogen) atoms. The highest BCUT2D eigenvalue weighted by Crippen LogP contribution is 2.23.